The van der Waals surface area contributed by atoms with Crippen molar-refractivity contribution in [2.45, 2.75) is 31.0 Å². The molecule has 1 rings (SSSR count). The van der Waals surface area contributed by atoms with E-state index in [1.807, 2.05) is 20.8 Å². The van der Waals surface area contributed by atoms with E-state index in [2.05, 4.69) is 4.72 Å². The first-order valence-electron chi connectivity index (χ1n) is 5.01. The topological polar surface area (TPSA) is 46.2 Å². The number of aryl methyl sites for hydroxylation is 1. The molecule has 1 aromatic heterocycles. The van der Waals surface area contributed by atoms with Crippen LogP contribution in [-0.4, -0.2) is 20.3 Å². The maximum absolute atomic E-state index is 12.0. The molecule has 0 aliphatic heterocycles. The maximum atomic E-state index is 12.0. The molecule has 6 heteroatoms. The summed E-state index contributed by atoms with van der Waals surface area (Å²) in [6.45, 7) is 5.76. The highest BCUT2D eigenvalue weighted by atomic mass is 35.5. The first-order valence-corrected chi connectivity index (χ1v) is 7.85. The summed E-state index contributed by atoms with van der Waals surface area (Å²) < 4.78 is 26.9. The molecule has 1 unspecified atom stereocenters. The molecule has 0 saturated heterocycles. The molecular formula is C10H16ClNO2S2. The lowest BCUT2D eigenvalue weighted by atomic mass is 10.1. The molecule has 0 fully saturated rings. The van der Waals surface area contributed by atoms with Gasteiger partial charge in [-0.1, -0.05) is 13.8 Å². The van der Waals surface area contributed by atoms with E-state index < -0.39 is 10.0 Å². The van der Waals surface area contributed by atoms with E-state index in [0.29, 0.717) is 4.21 Å². The van der Waals surface area contributed by atoms with Crippen molar-refractivity contribution in [1.82, 2.24) is 4.72 Å². The molecule has 1 heterocycles. The highest BCUT2D eigenvalue weighted by molar-refractivity contribution is 7.91. The fourth-order valence-electron chi connectivity index (χ4n) is 1.16. The number of alkyl halides is 1. The Bertz CT molecular complexity index is 439. The van der Waals surface area contributed by atoms with Gasteiger partial charge in [-0.05, 0) is 25.0 Å². The predicted octanol–water partition coefficient (Wildman–Crippen LogP) is 2.60. The van der Waals surface area contributed by atoms with E-state index >= 15 is 0 Å². The van der Waals surface area contributed by atoms with Gasteiger partial charge in [-0.25, -0.2) is 13.1 Å². The molecule has 1 N–H and O–H groups in total. The summed E-state index contributed by atoms with van der Waals surface area (Å²) in [7, 11) is -3.41. The van der Waals surface area contributed by atoms with Crippen molar-refractivity contribution in [2.75, 3.05) is 5.88 Å². The van der Waals surface area contributed by atoms with Gasteiger partial charge in [0.2, 0.25) is 10.0 Å². The Hall–Kier alpha value is -0.100. The summed E-state index contributed by atoms with van der Waals surface area (Å²) in [6.07, 6.45) is 0. The quantitative estimate of drug-likeness (QED) is 0.844. The van der Waals surface area contributed by atoms with Crippen LogP contribution >= 0.6 is 22.9 Å². The molecule has 0 aliphatic carbocycles. The molecular weight excluding hydrogens is 266 g/mol. The highest BCUT2D eigenvalue weighted by Gasteiger charge is 2.22. The number of sulfonamides is 1. The third-order valence-corrected chi connectivity index (χ3v) is 5.57. The van der Waals surface area contributed by atoms with Gasteiger partial charge in [0.25, 0.3) is 0 Å². The Morgan fingerprint density at radius 1 is 1.44 bits per heavy atom. The predicted molar refractivity (Wildman–Crippen MR) is 68.7 cm³/mol. The van der Waals surface area contributed by atoms with Gasteiger partial charge in [0.15, 0.2) is 0 Å². The standard InChI is InChI=1S/C10H16ClNO2S2/c1-7(2)9(6-11)12-16(13,14)10-5-4-8(3)15-10/h4-5,7,9,12H,6H2,1-3H3. The molecule has 3 nitrogen and oxygen atoms in total. The van der Waals surface area contributed by atoms with Gasteiger partial charge >= 0.3 is 0 Å². The zero-order valence-corrected chi connectivity index (χ0v) is 11.9. The SMILES string of the molecule is Cc1ccc(S(=O)(=O)NC(CCl)C(C)C)s1. The number of halogens is 1. The molecule has 92 valence electrons. The lowest BCUT2D eigenvalue weighted by molar-refractivity contribution is 0.481. The van der Waals surface area contributed by atoms with Gasteiger partial charge in [0.1, 0.15) is 4.21 Å². The Labute approximate surface area is 106 Å². The molecule has 0 radical (unpaired) electrons. The second-order valence-corrected chi connectivity index (χ2v) is 7.53. The molecule has 16 heavy (non-hydrogen) atoms. The van der Waals surface area contributed by atoms with Gasteiger partial charge < -0.3 is 0 Å². The van der Waals surface area contributed by atoms with Crippen LogP contribution in [0.3, 0.4) is 0 Å². The van der Waals surface area contributed by atoms with Crippen LogP contribution in [0.25, 0.3) is 0 Å². The summed E-state index contributed by atoms with van der Waals surface area (Å²) in [5.41, 5.74) is 0. The first kappa shape index (κ1) is 14.0. The van der Waals surface area contributed by atoms with Crippen LogP contribution in [0.15, 0.2) is 16.3 Å². The number of hydrogen-bond acceptors (Lipinski definition) is 3. The average molecular weight is 282 g/mol. The molecule has 0 aromatic carbocycles. The molecule has 0 aliphatic rings. The van der Waals surface area contributed by atoms with Gasteiger partial charge in [-0.15, -0.1) is 22.9 Å². The van der Waals surface area contributed by atoms with Crippen LogP contribution in [-0.2, 0) is 10.0 Å². The van der Waals surface area contributed by atoms with Crippen molar-refractivity contribution in [3.8, 4) is 0 Å². The summed E-state index contributed by atoms with van der Waals surface area (Å²) in [5, 5.41) is 0. The lowest BCUT2D eigenvalue weighted by Gasteiger charge is -2.18. The van der Waals surface area contributed by atoms with Gasteiger partial charge in [0.05, 0.1) is 0 Å². The summed E-state index contributed by atoms with van der Waals surface area (Å²) in [5.74, 6) is 0.453. The van der Waals surface area contributed by atoms with Crippen LogP contribution in [0.5, 0.6) is 0 Å². The zero-order valence-electron chi connectivity index (χ0n) is 9.53. The van der Waals surface area contributed by atoms with Crippen molar-refractivity contribution in [1.29, 1.82) is 0 Å². The maximum Gasteiger partial charge on any atom is 0.250 e. The van der Waals surface area contributed by atoms with Crippen molar-refractivity contribution < 1.29 is 8.42 Å². The normalized spacial score (nSPS) is 14.3. The van der Waals surface area contributed by atoms with E-state index in [4.69, 9.17) is 11.6 Å². The molecule has 1 aromatic rings. The third-order valence-electron chi connectivity index (χ3n) is 2.26. The van der Waals surface area contributed by atoms with E-state index in [1.54, 1.807) is 12.1 Å². The van der Waals surface area contributed by atoms with E-state index in [-0.39, 0.29) is 17.8 Å². The second-order valence-electron chi connectivity index (χ2n) is 3.99. The van der Waals surface area contributed by atoms with Crippen LogP contribution in [0.4, 0.5) is 0 Å². The molecule has 0 amide bonds. The lowest BCUT2D eigenvalue weighted by Crippen LogP contribution is -2.39. The first-order chi connectivity index (χ1) is 7.36. The molecule has 0 bridgehead atoms. The van der Waals surface area contributed by atoms with Gasteiger partial charge in [-0.2, -0.15) is 0 Å². The van der Waals surface area contributed by atoms with E-state index in [1.165, 1.54) is 11.3 Å². The summed E-state index contributed by atoms with van der Waals surface area (Å²) in [4.78, 5) is 0.979. The van der Waals surface area contributed by atoms with Crippen molar-refractivity contribution >= 4 is 33.0 Å². The largest absolute Gasteiger partial charge is 0.250 e. The number of rotatable bonds is 5. The highest BCUT2D eigenvalue weighted by Crippen LogP contribution is 2.21. The van der Waals surface area contributed by atoms with Crippen LogP contribution in [0.1, 0.15) is 18.7 Å². The monoisotopic (exact) mass is 281 g/mol. The van der Waals surface area contributed by atoms with Crippen molar-refractivity contribution in [3.05, 3.63) is 17.0 Å². The second kappa shape index (κ2) is 5.49. The fraction of sp³-hybridized carbons (Fsp3) is 0.600. The molecule has 0 saturated carbocycles. The number of thiophene rings is 1. The van der Waals surface area contributed by atoms with Gasteiger partial charge in [-0.3, -0.25) is 0 Å². The Kier molecular flexibility index (Phi) is 4.79. The van der Waals surface area contributed by atoms with Gasteiger partial charge in [0, 0.05) is 16.8 Å². The molecule has 0 spiro atoms. The Morgan fingerprint density at radius 3 is 2.44 bits per heavy atom. The minimum absolute atomic E-state index is 0.174. The Balaban J connectivity index is 2.87. The fourth-order valence-corrected chi connectivity index (χ4v) is 4.37. The van der Waals surface area contributed by atoms with Crippen LogP contribution in [0, 0.1) is 12.8 Å². The van der Waals surface area contributed by atoms with E-state index in [9.17, 15) is 8.42 Å². The average Bonchev–Trinajstić information content (AvgIpc) is 2.61. The minimum Gasteiger partial charge on any atom is -0.206 e. The minimum atomic E-state index is -3.41. The zero-order chi connectivity index (χ0) is 12.3. The van der Waals surface area contributed by atoms with Crippen LogP contribution in [0.2, 0.25) is 0 Å². The smallest absolute Gasteiger partial charge is 0.206 e. The van der Waals surface area contributed by atoms with Crippen molar-refractivity contribution in [2.24, 2.45) is 5.92 Å². The summed E-state index contributed by atoms with van der Waals surface area (Å²) in [6, 6.07) is 3.19. The van der Waals surface area contributed by atoms with Crippen LogP contribution < -0.4 is 4.72 Å². The molecule has 1 atom stereocenters. The van der Waals surface area contributed by atoms with Crippen molar-refractivity contribution in [3.63, 3.8) is 0 Å². The number of nitrogens with one attached hydrogen (secondary N) is 1. The number of hydrogen-bond donors (Lipinski definition) is 1. The third kappa shape index (κ3) is 3.45. The van der Waals surface area contributed by atoms with E-state index in [0.717, 1.165) is 4.88 Å². The summed E-state index contributed by atoms with van der Waals surface area (Å²) >= 11 is 7.00. The Morgan fingerprint density at radius 2 is 2.06 bits per heavy atom.